The SMILES string of the molecule is CCC(O)COc1c2c(c(OCC(O)CC)c3cc(C)ccc13)C1CCC2C1. The van der Waals surface area contributed by atoms with E-state index in [1.54, 1.807) is 0 Å². The summed E-state index contributed by atoms with van der Waals surface area (Å²) in [6.45, 7) is 6.66. The molecule has 1 saturated carbocycles. The molecular weight excluding hydrogens is 352 g/mol. The molecular formula is C24H32O4. The van der Waals surface area contributed by atoms with Crippen LogP contribution in [-0.4, -0.2) is 35.6 Å². The van der Waals surface area contributed by atoms with Crippen LogP contribution in [0.15, 0.2) is 18.2 Å². The number of ether oxygens (including phenoxy) is 2. The second kappa shape index (κ2) is 7.92. The fourth-order valence-electron chi connectivity index (χ4n) is 4.80. The molecule has 4 nitrogen and oxygen atoms in total. The maximum Gasteiger partial charge on any atom is 0.131 e. The zero-order valence-electron chi connectivity index (χ0n) is 17.2. The zero-order chi connectivity index (χ0) is 19.8. The summed E-state index contributed by atoms with van der Waals surface area (Å²) in [5, 5.41) is 22.3. The molecule has 2 aliphatic carbocycles. The van der Waals surface area contributed by atoms with E-state index >= 15 is 0 Å². The summed E-state index contributed by atoms with van der Waals surface area (Å²) in [4.78, 5) is 0. The highest BCUT2D eigenvalue weighted by atomic mass is 16.5. The molecule has 0 radical (unpaired) electrons. The molecule has 4 atom stereocenters. The van der Waals surface area contributed by atoms with Crippen molar-refractivity contribution in [3.63, 3.8) is 0 Å². The Hall–Kier alpha value is -1.78. The van der Waals surface area contributed by atoms with E-state index in [0.29, 0.717) is 37.9 Å². The van der Waals surface area contributed by atoms with Gasteiger partial charge in [-0.1, -0.05) is 31.5 Å². The maximum atomic E-state index is 10.1. The van der Waals surface area contributed by atoms with Gasteiger partial charge in [-0.25, -0.2) is 0 Å². The Morgan fingerprint density at radius 2 is 1.43 bits per heavy atom. The second-order valence-electron chi connectivity index (χ2n) is 8.49. The lowest BCUT2D eigenvalue weighted by atomic mass is 9.86. The van der Waals surface area contributed by atoms with Crippen molar-refractivity contribution in [2.45, 2.75) is 76.9 Å². The predicted octanol–water partition coefficient (Wildman–Crippen LogP) is 4.81. The normalized spacial score (nSPS) is 22.3. The average Bonchev–Trinajstić information content (AvgIpc) is 3.32. The molecule has 4 heteroatoms. The third kappa shape index (κ3) is 3.37. The first-order valence-electron chi connectivity index (χ1n) is 10.7. The number of benzene rings is 2. The Labute approximate surface area is 167 Å². The van der Waals surface area contributed by atoms with Gasteiger partial charge in [0.25, 0.3) is 0 Å². The summed E-state index contributed by atoms with van der Waals surface area (Å²) in [5.41, 5.74) is 3.76. The van der Waals surface area contributed by atoms with Crippen LogP contribution >= 0.6 is 0 Å². The highest BCUT2D eigenvalue weighted by Crippen LogP contribution is 2.61. The van der Waals surface area contributed by atoms with Crippen molar-refractivity contribution >= 4 is 10.8 Å². The molecule has 1 fully saturated rings. The number of rotatable bonds is 8. The Balaban J connectivity index is 1.86. The molecule has 152 valence electrons. The van der Waals surface area contributed by atoms with Crippen LogP contribution in [0, 0.1) is 6.92 Å². The Morgan fingerprint density at radius 1 is 0.893 bits per heavy atom. The van der Waals surface area contributed by atoms with Crippen molar-refractivity contribution in [1.29, 1.82) is 0 Å². The van der Waals surface area contributed by atoms with E-state index in [-0.39, 0.29) is 0 Å². The third-order valence-corrected chi connectivity index (χ3v) is 6.48. The maximum absolute atomic E-state index is 10.1. The minimum absolute atomic E-state index is 0.318. The molecule has 0 aliphatic heterocycles. The average molecular weight is 385 g/mol. The van der Waals surface area contributed by atoms with Gasteiger partial charge in [0.1, 0.15) is 24.7 Å². The van der Waals surface area contributed by atoms with Crippen molar-refractivity contribution in [2.24, 2.45) is 0 Å². The number of fused-ring (bicyclic) bond motifs is 6. The standard InChI is InChI=1S/C24H32O4/c1-4-17(25)12-27-23-19-9-6-14(3)10-20(19)24(28-13-18(26)5-2)22-16-8-7-15(11-16)21(22)23/h6,9-10,15-18,25-26H,4-5,7-8,11-13H2,1-3H3. The van der Waals surface area contributed by atoms with Gasteiger partial charge >= 0.3 is 0 Å². The molecule has 28 heavy (non-hydrogen) atoms. The molecule has 4 rings (SSSR count). The lowest BCUT2D eigenvalue weighted by molar-refractivity contribution is 0.102. The van der Waals surface area contributed by atoms with Crippen LogP contribution in [-0.2, 0) is 0 Å². The second-order valence-corrected chi connectivity index (χ2v) is 8.49. The Bertz CT molecular complexity index is 860. The van der Waals surface area contributed by atoms with Gasteiger partial charge in [0.2, 0.25) is 0 Å². The minimum atomic E-state index is -0.454. The van der Waals surface area contributed by atoms with E-state index in [0.717, 1.165) is 28.7 Å². The highest BCUT2D eigenvalue weighted by molar-refractivity contribution is 5.97. The molecule has 4 unspecified atom stereocenters. The summed E-state index contributed by atoms with van der Waals surface area (Å²) in [7, 11) is 0. The molecule has 0 spiro atoms. The molecule has 0 saturated heterocycles. The van der Waals surface area contributed by atoms with Gasteiger partial charge in [0.05, 0.1) is 12.2 Å². The first kappa shape index (κ1) is 19.5. The number of aliphatic hydroxyl groups excluding tert-OH is 2. The fraction of sp³-hybridized carbons (Fsp3) is 0.583. The van der Waals surface area contributed by atoms with Crippen molar-refractivity contribution in [1.82, 2.24) is 0 Å². The van der Waals surface area contributed by atoms with E-state index in [1.165, 1.54) is 29.5 Å². The lowest BCUT2D eigenvalue weighted by Gasteiger charge is -2.26. The van der Waals surface area contributed by atoms with Crippen LogP contribution in [0.25, 0.3) is 10.8 Å². The van der Waals surface area contributed by atoms with E-state index in [2.05, 4.69) is 25.1 Å². The Morgan fingerprint density at radius 3 is 1.96 bits per heavy atom. The molecule has 2 bridgehead atoms. The summed E-state index contributed by atoms with van der Waals surface area (Å²) < 4.78 is 12.5. The monoisotopic (exact) mass is 384 g/mol. The minimum Gasteiger partial charge on any atom is -0.490 e. The van der Waals surface area contributed by atoms with Crippen molar-refractivity contribution < 1.29 is 19.7 Å². The number of hydrogen-bond donors (Lipinski definition) is 2. The van der Waals surface area contributed by atoms with Gasteiger partial charge in [0, 0.05) is 21.9 Å². The Kier molecular flexibility index (Phi) is 5.52. The van der Waals surface area contributed by atoms with Crippen LogP contribution in [0.2, 0.25) is 0 Å². The van der Waals surface area contributed by atoms with E-state index < -0.39 is 12.2 Å². The smallest absolute Gasteiger partial charge is 0.131 e. The molecule has 2 aliphatic rings. The van der Waals surface area contributed by atoms with Gasteiger partial charge < -0.3 is 19.7 Å². The van der Waals surface area contributed by atoms with E-state index in [9.17, 15) is 10.2 Å². The molecule has 0 amide bonds. The largest absolute Gasteiger partial charge is 0.490 e. The molecule has 2 N–H and O–H groups in total. The van der Waals surface area contributed by atoms with E-state index in [1.807, 2.05) is 13.8 Å². The molecule has 2 aromatic carbocycles. The summed E-state index contributed by atoms with van der Waals surface area (Å²) >= 11 is 0. The van der Waals surface area contributed by atoms with Gasteiger partial charge in [-0.15, -0.1) is 0 Å². The van der Waals surface area contributed by atoms with Crippen LogP contribution in [0.3, 0.4) is 0 Å². The van der Waals surface area contributed by atoms with Gasteiger partial charge in [-0.3, -0.25) is 0 Å². The summed E-state index contributed by atoms with van der Waals surface area (Å²) in [6, 6.07) is 6.39. The molecule has 0 heterocycles. The summed E-state index contributed by atoms with van der Waals surface area (Å²) in [5.74, 6) is 2.90. The third-order valence-electron chi connectivity index (χ3n) is 6.48. The van der Waals surface area contributed by atoms with E-state index in [4.69, 9.17) is 9.47 Å². The van der Waals surface area contributed by atoms with Crippen LogP contribution < -0.4 is 9.47 Å². The van der Waals surface area contributed by atoms with Crippen LogP contribution in [0.5, 0.6) is 11.5 Å². The zero-order valence-corrected chi connectivity index (χ0v) is 17.2. The topological polar surface area (TPSA) is 58.9 Å². The van der Waals surface area contributed by atoms with Crippen LogP contribution in [0.1, 0.15) is 74.5 Å². The number of aliphatic hydroxyl groups is 2. The quantitative estimate of drug-likeness (QED) is 0.685. The fourth-order valence-corrected chi connectivity index (χ4v) is 4.80. The van der Waals surface area contributed by atoms with Crippen molar-refractivity contribution in [3.05, 3.63) is 34.9 Å². The molecule has 2 aromatic rings. The van der Waals surface area contributed by atoms with Gasteiger partial charge in [-0.05, 0) is 56.9 Å². The highest BCUT2D eigenvalue weighted by Gasteiger charge is 2.42. The lowest BCUT2D eigenvalue weighted by Crippen LogP contribution is -2.19. The predicted molar refractivity (Wildman–Crippen MR) is 112 cm³/mol. The van der Waals surface area contributed by atoms with Gasteiger partial charge in [0.15, 0.2) is 0 Å². The van der Waals surface area contributed by atoms with Crippen molar-refractivity contribution in [3.8, 4) is 11.5 Å². The first-order valence-corrected chi connectivity index (χ1v) is 10.7. The number of aryl methyl sites for hydroxylation is 1. The van der Waals surface area contributed by atoms with Crippen molar-refractivity contribution in [2.75, 3.05) is 13.2 Å². The summed E-state index contributed by atoms with van der Waals surface area (Å²) in [6.07, 6.45) is 4.00. The van der Waals surface area contributed by atoms with Gasteiger partial charge in [-0.2, -0.15) is 0 Å². The molecule has 0 aromatic heterocycles. The number of hydrogen-bond acceptors (Lipinski definition) is 4. The first-order chi connectivity index (χ1) is 13.5. The van der Waals surface area contributed by atoms with Crippen LogP contribution in [0.4, 0.5) is 0 Å².